The van der Waals surface area contributed by atoms with Crippen molar-refractivity contribution in [2.24, 2.45) is 0 Å². The molecule has 1 aromatic rings. The summed E-state index contributed by atoms with van der Waals surface area (Å²) in [7, 11) is 1.41. The number of carbonyl (C=O) groups excluding carboxylic acids is 1. The predicted octanol–water partition coefficient (Wildman–Crippen LogP) is 1.95. The third-order valence-electron chi connectivity index (χ3n) is 3.05. The lowest BCUT2D eigenvalue weighted by Gasteiger charge is -2.22. The van der Waals surface area contributed by atoms with Gasteiger partial charge in [-0.15, -0.1) is 0 Å². The Balaban J connectivity index is 2.17. The van der Waals surface area contributed by atoms with Crippen molar-refractivity contribution in [2.45, 2.75) is 18.8 Å². The van der Waals surface area contributed by atoms with E-state index in [0.29, 0.717) is 11.5 Å². The quantitative estimate of drug-likeness (QED) is 0.712. The molecular weight excluding hydrogens is 202 g/mol. The monoisotopic (exact) mass is 218 g/mol. The maximum absolute atomic E-state index is 11.4. The van der Waals surface area contributed by atoms with Gasteiger partial charge in [-0.05, 0) is 36.5 Å². The van der Waals surface area contributed by atoms with Gasteiger partial charge < -0.3 is 4.74 Å². The summed E-state index contributed by atoms with van der Waals surface area (Å²) in [6.07, 6.45) is 2.18. The highest BCUT2D eigenvalue weighted by Crippen LogP contribution is 2.26. The van der Waals surface area contributed by atoms with Gasteiger partial charge in [0.05, 0.1) is 12.7 Å². The van der Waals surface area contributed by atoms with E-state index in [4.69, 9.17) is 4.74 Å². The van der Waals surface area contributed by atoms with Gasteiger partial charge >= 0.3 is 5.97 Å². The molecule has 0 amide bonds. The number of piperidine rings is 1. The minimum Gasteiger partial charge on any atom is -0.465 e. The standard InChI is InChI=1S/C13H16NO2/c1-16-13(15)12-4-2-3-11(9-12)10-5-7-14-8-6-10/h2-4,9-10H,5-8H2,1H3. The molecule has 0 N–H and O–H groups in total. The summed E-state index contributed by atoms with van der Waals surface area (Å²) in [5, 5.41) is 4.33. The average Bonchev–Trinajstić information content (AvgIpc) is 2.39. The van der Waals surface area contributed by atoms with E-state index in [1.54, 1.807) is 6.07 Å². The van der Waals surface area contributed by atoms with Crippen molar-refractivity contribution >= 4 is 5.97 Å². The molecule has 1 aliphatic rings. The molecule has 0 unspecified atom stereocenters. The Hall–Kier alpha value is -1.35. The Bertz CT molecular complexity index is 370. The van der Waals surface area contributed by atoms with E-state index < -0.39 is 0 Å². The van der Waals surface area contributed by atoms with E-state index >= 15 is 0 Å². The van der Waals surface area contributed by atoms with Crippen LogP contribution < -0.4 is 5.32 Å². The first kappa shape index (κ1) is 11.1. The van der Waals surface area contributed by atoms with Crippen molar-refractivity contribution in [3.05, 3.63) is 35.4 Å². The second-order valence-corrected chi connectivity index (χ2v) is 4.06. The number of methoxy groups -OCH3 is 1. The number of rotatable bonds is 2. The lowest BCUT2D eigenvalue weighted by molar-refractivity contribution is 0.0600. The normalized spacial score (nSPS) is 17.1. The molecule has 1 aromatic carbocycles. The molecule has 1 fully saturated rings. The number of esters is 1. The van der Waals surface area contributed by atoms with Crippen molar-refractivity contribution in [2.75, 3.05) is 20.2 Å². The van der Waals surface area contributed by atoms with E-state index in [2.05, 4.69) is 11.4 Å². The van der Waals surface area contributed by atoms with Crippen LogP contribution in [-0.2, 0) is 4.74 Å². The summed E-state index contributed by atoms with van der Waals surface area (Å²) in [6.45, 7) is 1.88. The van der Waals surface area contributed by atoms with Gasteiger partial charge in [0.1, 0.15) is 0 Å². The number of benzene rings is 1. The molecule has 2 rings (SSSR count). The first-order valence-corrected chi connectivity index (χ1v) is 5.63. The Kier molecular flexibility index (Phi) is 3.57. The summed E-state index contributed by atoms with van der Waals surface area (Å²) in [4.78, 5) is 11.4. The highest BCUT2D eigenvalue weighted by Gasteiger charge is 2.17. The van der Waals surface area contributed by atoms with Crippen LogP contribution in [0.25, 0.3) is 0 Å². The SMILES string of the molecule is COC(=O)c1cccc(C2CC[N]CC2)c1. The summed E-state index contributed by atoms with van der Waals surface area (Å²) >= 11 is 0. The van der Waals surface area contributed by atoms with E-state index in [1.807, 2.05) is 12.1 Å². The Morgan fingerprint density at radius 3 is 2.81 bits per heavy atom. The molecule has 0 atom stereocenters. The van der Waals surface area contributed by atoms with E-state index in [9.17, 15) is 4.79 Å². The third kappa shape index (κ3) is 2.42. The zero-order chi connectivity index (χ0) is 11.4. The fraction of sp³-hybridized carbons (Fsp3) is 0.462. The summed E-state index contributed by atoms with van der Waals surface area (Å²) in [6, 6.07) is 7.75. The maximum Gasteiger partial charge on any atom is 0.337 e. The molecule has 0 bridgehead atoms. The van der Waals surface area contributed by atoms with Gasteiger partial charge in [0.2, 0.25) is 0 Å². The zero-order valence-corrected chi connectivity index (χ0v) is 9.48. The molecule has 0 aromatic heterocycles. The van der Waals surface area contributed by atoms with Crippen LogP contribution >= 0.6 is 0 Å². The number of hydrogen-bond acceptors (Lipinski definition) is 2. The fourth-order valence-electron chi connectivity index (χ4n) is 2.12. The van der Waals surface area contributed by atoms with E-state index in [-0.39, 0.29) is 5.97 Å². The number of nitrogens with zero attached hydrogens (tertiary/aromatic N) is 1. The number of ether oxygens (including phenoxy) is 1. The largest absolute Gasteiger partial charge is 0.465 e. The van der Waals surface area contributed by atoms with Gasteiger partial charge in [-0.3, -0.25) is 0 Å². The lowest BCUT2D eigenvalue weighted by atomic mass is 9.89. The maximum atomic E-state index is 11.4. The molecule has 3 heteroatoms. The van der Waals surface area contributed by atoms with Crippen LogP contribution in [0.3, 0.4) is 0 Å². The molecule has 1 heterocycles. The molecule has 85 valence electrons. The molecule has 16 heavy (non-hydrogen) atoms. The molecule has 1 aliphatic heterocycles. The molecular formula is C13H16NO2. The summed E-state index contributed by atoms with van der Waals surface area (Å²) in [5.74, 6) is 0.282. The number of hydrogen-bond donors (Lipinski definition) is 0. The van der Waals surface area contributed by atoms with Crippen LogP contribution in [0.15, 0.2) is 24.3 Å². The molecule has 1 saturated heterocycles. The van der Waals surface area contributed by atoms with Crippen molar-refractivity contribution in [3.8, 4) is 0 Å². The van der Waals surface area contributed by atoms with E-state index in [1.165, 1.54) is 12.7 Å². The van der Waals surface area contributed by atoms with Gasteiger partial charge in [0, 0.05) is 13.1 Å². The third-order valence-corrected chi connectivity index (χ3v) is 3.05. The zero-order valence-electron chi connectivity index (χ0n) is 9.48. The van der Waals surface area contributed by atoms with Crippen LogP contribution in [0, 0.1) is 0 Å². The first-order chi connectivity index (χ1) is 7.81. The summed E-state index contributed by atoms with van der Waals surface area (Å²) in [5.41, 5.74) is 1.88. The van der Waals surface area contributed by atoms with Crippen molar-refractivity contribution in [1.29, 1.82) is 0 Å². The van der Waals surface area contributed by atoms with Crippen molar-refractivity contribution in [3.63, 3.8) is 0 Å². The smallest absolute Gasteiger partial charge is 0.337 e. The first-order valence-electron chi connectivity index (χ1n) is 5.63. The van der Waals surface area contributed by atoms with Gasteiger partial charge in [-0.25, -0.2) is 10.1 Å². The van der Waals surface area contributed by atoms with Crippen molar-refractivity contribution < 1.29 is 9.53 Å². The molecule has 0 spiro atoms. The highest BCUT2D eigenvalue weighted by atomic mass is 16.5. The average molecular weight is 218 g/mol. The second kappa shape index (κ2) is 5.12. The Morgan fingerprint density at radius 1 is 1.38 bits per heavy atom. The van der Waals surface area contributed by atoms with Crippen LogP contribution in [0.5, 0.6) is 0 Å². The van der Waals surface area contributed by atoms with E-state index in [0.717, 1.165) is 25.9 Å². The Labute approximate surface area is 95.8 Å². The Morgan fingerprint density at radius 2 is 2.12 bits per heavy atom. The van der Waals surface area contributed by atoms with Gasteiger partial charge in [0.25, 0.3) is 0 Å². The van der Waals surface area contributed by atoms with Gasteiger partial charge in [-0.1, -0.05) is 12.1 Å². The number of carbonyl (C=O) groups is 1. The van der Waals surface area contributed by atoms with Crippen LogP contribution in [0.2, 0.25) is 0 Å². The van der Waals surface area contributed by atoms with Crippen LogP contribution in [-0.4, -0.2) is 26.2 Å². The molecule has 3 nitrogen and oxygen atoms in total. The predicted molar refractivity (Wildman–Crippen MR) is 61.6 cm³/mol. The highest BCUT2D eigenvalue weighted by molar-refractivity contribution is 5.89. The minimum absolute atomic E-state index is 0.262. The fourth-order valence-corrected chi connectivity index (χ4v) is 2.12. The molecule has 0 saturated carbocycles. The topological polar surface area (TPSA) is 40.4 Å². The minimum atomic E-state index is -0.262. The second-order valence-electron chi connectivity index (χ2n) is 4.06. The van der Waals surface area contributed by atoms with Gasteiger partial charge in [0.15, 0.2) is 0 Å². The molecule has 0 aliphatic carbocycles. The van der Waals surface area contributed by atoms with Crippen LogP contribution in [0.1, 0.15) is 34.7 Å². The van der Waals surface area contributed by atoms with Crippen LogP contribution in [0.4, 0.5) is 0 Å². The lowest BCUT2D eigenvalue weighted by Crippen LogP contribution is -2.21. The van der Waals surface area contributed by atoms with Gasteiger partial charge in [-0.2, -0.15) is 0 Å². The summed E-state index contributed by atoms with van der Waals surface area (Å²) < 4.78 is 4.72. The molecule has 1 radical (unpaired) electrons. The van der Waals surface area contributed by atoms with Crippen molar-refractivity contribution in [1.82, 2.24) is 5.32 Å².